The van der Waals surface area contributed by atoms with Crippen molar-refractivity contribution in [3.63, 3.8) is 0 Å². The molecule has 0 saturated heterocycles. The van der Waals surface area contributed by atoms with E-state index >= 15 is 0 Å². The molecule has 1 atom stereocenters. The number of rotatable bonds is 7. The van der Waals surface area contributed by atoms with Gasteiger partial charge in [-0.2, -0.15) is 5.26 Å². The summed E-state index contributed by atoms with van der Waals surface area (Å²) in [4.78, 5) is 0. The summed E-state index contributed by atoms with van der Waals surface area (Å²) in [5.41, 5.74) is -0.386. The van der Waals surface area contributed by atoms with E-state index in [2.05, 4.69) is 11.4 Å². The average molecular weight is 196 g/mol. The van der Waals surface area contributed by atoms with Gasteiger partial charge in [0.05, 0.1) is 6.07 Å². The molecule has 0 spiro atoms. The van der Waals surface area contributed by atoms with E-state index in [1.54, 1.807) is 0 Å². The van der Waals surface area contributed by atoms with Crippen molar-refractivity contribution in [2.24, 2.45) is 5.92 Å². The third kappa shape index (κ3) is 4.08. The van der Waals surface area contributed by atoms with E-state index in [-0.39, 0.29) is 5.54 Å². The summed E-state index contributed by atoms with van der Waals surface area (Å²) >= 11 is 0. The minimum absolute atomic E-state index is 0.386. The van der Waals surface area contributed by atoms with Crippen LogP contribution in [0.15, 0.2) is 0 Å². The molecular formula is C11H20N2O. The summed E-state index contributed by atoms with van der Waals surface area (Å²) in [6.45, 7) is 3.63. The molecule has 0 bridgehead atoms. The van der Waals surface area contributed by atoms with Gasteiger partial charge in [-0.15, -0.1) is 0 Å². The van der Waals surface area contributed by atoms with E-state index in [1.165, 1.54) is 12.8 Å². The van der Waals surface area contributed by atoms with Gasteiger partial charge in [-0.05, 0) is 45.6 Å². The maximum Gasteiger partial charge on any atom is 0.103 e. The molecule has 1 fully saturated rings. The second kappa shape index (κ2) is 5.33. The van der Waals surface area contributed by atoms with Crippen molar-refractivity contribution < 1.29 is 4.74 Å². The monoisotopic (exact) mass is 196 g/mol. The van der Waals surface area contributed by atoms with Crippen molar-refractivity contribution in [2.45, 2.75) is 38.1 Å². The largest absolute Gasteiger partial charge is 0.381 e. The number of nitrogens with zero attached hydrogens (tertiary/aromatic N) is 1. The molecule has 0 radical (unpaired) electrons. The van der Waals surface area contributed by atoms with Crippen molar-refractivity contribution in [3.8, 4) is 6.07 Å². The minimum atomic E-state index is -0.386. The van der Waals surface area contributed by atoms with Crippen LogP contribution >= 0.6 is 0 Å². The molecule has 1 aliphatic carbocycles. The Bertz CT molecular complexity index is 208. The number of nitriles is 1. The zero-order valence-electron chi connectivity index (χ0n) is 9.18. The van der Waals surface area contributed by atoms with Crippen LogP contribution in [0.5, 0.6) is 0 Å². The van der Waals surface area contributed by atoms with Gasteiger partial charge in [0.25, 0.3) is 0 Å². The quantitative estimate of drug-likeness (QED) is 0.630. The van der Waals surface area contributed by atoms with Crippen LogP contribution in [-0.2, 0) is 4.74 Å². The van der Waals surface area contributed by atoms with Crippen LogP contribution in [0.25, 0.3) is 0 Å². The number of ether oxygens (including phenoxy) is 1. The van der Waals surface area contributed by atoms with Gasteiger partial charge in [0, 0.05) is 13.2 Å². The SMILES string of the molecule is CNC(C)(C#N)CCCOCC1CC1. The van der Waals surface area contributed by atoms with E-state index in [0.717, 1.165) is 32.0 Å². The molecule has 1 unspecified atom stereocenters. The second-order valence-corrected chi connectivity index (χ2v) is 4.32. The highest BCUT2D eigenvalue weighted by molar-refractivity contribution is 5.02. The van der Waals surface area contributed by atoms with Crippen LogP contribution < -0.4 is 5.32 Å². The zero-order valence-corrected chi connectivity index (χ0v) is 9.18. The Morgan fingerprint density at radius 2 is 2.29 bits per heavy atom. The van der Waals surface area contributed by atoms with Gasteiger partial charge in [0.2, 0.25) is 0 Å². The third-order valence-corrected chi connectivity index (χ3v) is 2.81. The topological polar surface area (TPSA) is 45.0 Å². The Balaban J connectivity index is 1.98. The highest BCUT2D eigenvalue weighted by Crippen LogP contribution is 2.28. The summed E-state index contributed by atoms with van der Waals surface area (Å²) < 4.78 is 5.50. The fourth-order valence-electron chi connectivity index (χ4n) is 1.30. The Morgan fingerprint density at radius 1 is 1.57 bits per heavy atom. The molecule has 3 nitrogen and oxygen atoms in total. The molecule has 0 heterocycles. The molecule has 1 N–H and O–H groups in total. The van der Waals surface area contributed by atoms with E-state index in [0.29, 0.717) is 0 Å². The molecule has 1 rings (SSSR count). The average Bonchev–Trinajstić information content (AvgIpc) is 3.01. The number of hydrogen-bond donors (Lipinski definition) is 1. The Kier molecular flexibility index (Phi) is 4.37. The van der Waals surface area contributed by atoms with E-state index in [9.17, 15) is 0 Å². The summed E-state index contributed by atoms with van der Waals surface area (Å²) in [5, 5.41) is 11.9. The highest BCUT2D eigenvalue weighted by Gasteiger charge is 2.22. The first kappa shape index (κ1) is 11.5. The normalized spacial score (nSPS) is 20.1. The predicted molar refractivity (Wildman–Crippen MR) is 55.9 cm³/mol. The van der Waals surface area contributed by atoms with Gasteiger partial charge in [0.15, 0.2) is 0 Å². The second-order valence-electron chi connectivity index (χ2n) is 4.32. The minimum Gasteiger partial charge on any atom is -0.381 e. The van der Waals surface area contributed by atoms with Gasteiger partial charge in [-0.1, -0.05) is 0 Å². The zero-order chi connectivity index (χ0) is 10.4. The number of hydrogen-bond acceptors (Lipinski definition) is 3. The van der Waals surface area contributed by atoms with E-state index in [4.69, 9.17) is 10.00 Å². The lowest BCUT2D eigenvalue weighted by atomic mass is 9.98. The van der Waals surface area contributed by atoms with Crippen molar-refractivity contribution in [2.75, 3.05) is 20.3 Å². The van der Waals surface area contributed by atoms with Gasteiger partial charge in [-0.25, -0.2) is 0 Å². The van der Waals surface area contributed by atoms with Crippen molar-refractivity contribution in [3.05, 3.63) is 0 Å². The Labute approximate surface area is 86.4 Å². The first-order chi connectivity index (χ1) is 6.70. The van der Waals surface area contributed by atoms with Gasteiger partial charge in [0.1, 0.15) is 5.54 Å². The molecule has 0 aromatic carbocycles. The van der Waals surface area contributed by atoms with Crippen LogP contribution in [0.4, 0.5) is 0 Å². The number of nitrogens with one attached hydrogen (secondary N) is 1. The maximum absolute atomic E-state index is 8.89. The standard InChI is InChI=1S/C11H20N2O/c1-11(9-12,13-2)6-3-7-14-8-10-4-5-10/h10,13H,3-8H2,1-2H3. The summed E-state index contributed by atoms with van der Waals surface area (Å²) in [7, 11) is 1.83. The highest BCUT2D eigenvalue weighted by atomic mass is 16.5. The van der Waals surface area contributed by atoms with Crippen LogP contribution in [0.2, 0.25) is 0 Å². The smallest absolute Gasteiger partial charge is 0.103 e. The molecular weight excluding hydrogens is 176 g/mol. The van der Waals surface area contributed by atoms with Crippen molar-refractivity contribution >= 4 is 0 Å². The fourth-order valence-corrected chi connectivity index (χ4v) is 1.30. The molecule has 0 aromatic heterocycles. The summed E-state index contributed by atoms with van der Waals surface area (Å²) in [6.07, 6.45) is 4.49. The van der Waals surface area contributed by atoms with Crippen LogP contribution in [0, 0.1) is 17.2 Å². The summed E-state index contributed by atoms with van der Waals surface area (Å²) in [6, 6.07) is 2.27. The molecule has 14 heavy (non-hydrogen) atoms. The molecule has 0 aliphatic heterocycles. The first-order valence-corrected chi connectivity index (χ1v) is 5.38. The third-order valence-electron chi connectivity index (χ3n) is 2.81. The van der Waals surface area contributed by atoms with Crippen molar-refractivity contribution in [1.82, 2.24) is 5.32 Å². The van der Waals surface area contributed by atoms with Crippen LogP contribution in [-0.4, -0.2) is 25.8 Å². The first-order valence-electron chi connectivity index (χ1n) is 5.38. The summed E-state index contributed by atoms with van der Waals surface area (Å²) in [5.74, 6) is 0.835. The maximum atomic E-state index is 8.89. The van der Waals surface area contributed by atoms with Crippen LogP contribution in [0.1, 0.15) is 32.6 Å². The fraction of sp³-hybridized carbons (Fsp3) is 0.909. The Morgan fingerprint density at radius 3 is 2.79 bits per heavy atom. The molecule has 1 saturated carbocycles. The molecule has 0 aromatic rings. The lowest BCUT2D eigenvalue weighted by Gasteiger charge is -2.20. The Hall–Kier alpha value is -0.590. The van der Waals surface area contributed by atoms with Gasteiger partial charge < -0.3 is 10.1 Å². The molecule has 0 amide bonds. The van der Waals surface area contributed by atoms with E-state index < -0.39 is 0 Å². The predicted octanol–water partition coefficient (Wildman–Crippen LogP) is 1.69. The van der Waals surface area contributed by atoms with E-state index in [1.807, 2.05) is 14.0 Å². The lowest BCUT2D eigenvalue weighted by molar-refractivity contribution is 0.117. The molecule has 1 aliphatic rings. The lowest BCUT2D eigenvalue weighted by Crippen LogP contribution is -2.38. The van der Waals surface area contributed by atoms with Crippen LogP contribution in [0.3, 0.4) is 0 Å². The van der Waals surface area contributed by atoms with Crippen molar-refractivity contribution in [1.29, 1.82) is 5.26 Å². The molecule has 3 heteroatoms. The molecule has 80 valence electrons. The van der Waals surface area contributed by atoms with Gasteiger partial charge >= 0.3 is 0 Å². The van der Waals surface area contributed by atoms with Gasteiger partial charge in [-0.3, -0.25) is 0 Å².